The number of rotatable bonds is 7. The highest BCUT2D eigenvalue weighted by molar-refractivity contribution is 5.76. The molecule has 0 spiro atoms. The van der Waals surface area contributed by atoms with Crippen LogP contribution >= 0.6 is 0 Å². The summed E-state index contributed by atoms with van der Waals surface area (Å²) >= 11 is 0. The Morgan fingerprint density at radius 1 is 1.26 bits per heavy atom. The zero-order valence-corrected chi connectivity index (χ0v) is 12.5. The fourth-order valence-corrected chi connectivity index (χ4v) is 1.80. The maximum Gasteiger partial charge on any atom is 0.221 e. The molecule has 0 saturated heterocycles. The molecule has 1 amide bonds. The number of nitrogens with one attached hydrogen (secondary N) is 2. The molecule has 2 N–H and O–H groups in total. The van der Waals surface area contributed by atoms with E-state index in [1.165, 1.54) is 16.7 Å². The van der Waals surface area contributed by atoms with Crippen LogP contribution in [0.2, 0.25) is 0 Å². The highest BCUT2D eigenvalue weighted by Gasteiger charge is 2.04. The molecule has 1 aromatic rings. The molecule has 0 aliphatic heterocycles. The molecular formula is C16H26N2O. The standard InChI is InChI=1S/C16H26N2O/c1-5-14(4)18-16(19)8-9-17-11-15-7-6-12(2)13(3)10-15/h6-7,10,14,17H,5,8-9,11H2,1-4H3,(H,18,19). The van der Waals surface area contributed by atoms with Gasteiger partial charge in [-0.25, -0.2) is 0 Å². The first kappa shape index (κ1) is 15.7. The largest absolute Gasteiger partial charge is 0.354 e. The zero-order valence-electron chi connectivity index (χ0n) is 12.5. The van der Waals surface area contributed by atoms with Crippen LogP contribution in [0.1, 0.15) is 43.4 Å². The summed E-state index contributed by atoms with van der Waals surface area (Å²) in [4.78, 5) is 11.6. The Kier molecular flexibility index (Phi) is 6.57. The van der Waals surface area contributed by atoms with E-state index in [4.69, 9.17) is 0 Å². The van der Waals surface area contributed by atoms with Crippen LogP contribution in [-0.4, -0.2) is 18.5 Å². The van der Waals surface area contributed by atoms with Gasteiger partial charge in [-0.3, -0.25) is 4.79 Å². The van der Waals surface area contributed by atoms with Crippen molar-refractivity contribution in [2.45, 2.75) is 53.1 Å². The Hall–Kier alpha value is -1.35. The van der Waals surface area contributed by atoms with Crippen LogP contribution in [0.4, 0.5) is 0 Å². The van der Waals surface area contributed by atoms with E-state index < -0.39 is 0 Å². The van der Waals surface area contributed by atoms with Gasteiger partial charge in [0.1, 0.15) is 0 Å². The van der Waals surface area contributed by atoms with Gasteiger partial charge in [0, 0.05) is 25.6 Å². The number of carbonyl (C=O) groups is 1. The molecule has 1 atom stereocenters. The van der Waals surface area contributed by atoms with Gasteiger partial charge < -0.3 is 10.6 Å². The smallest absolute Gasteiger partial charge is 0.221 e. The lowest BCUT2D eigenvalue weighted by Gasteiger charge is -2.11. The molecule has 0 aliphatic carbocycles. The first-order valence-electron chi connectivity index (χ1n) is 7.09. The molecular weight excluding hydrogens is 236 g/mol. The highest BCUT2D eigenvalue weighted by Crippen LogP contribution is 2.09. The number of hydrogen-bond acceptors (Lipinski definition) is 2. The van der Waals surface area contributed by atoms with Gasteiger partial charge in [0.05, 0.1) is 0 Å². The lowest BCUT2D eigenvalue weighted by atomic mass is 10.1. The summed E-state index contributed by atoms with van der Waals surface area (Å²) in [7, 11) is 0. The Balaban J connectivity index is 2.23. The number of amides is 1. The fourth-order valence-electron chi connectivity index (χ4n) is 1.80. The molecule has 0 aromatic heterocycles. The summed E-state index contributed by atoms with van der Waals surface area (Å²) < 4.78 is 0. The van der Waals surface area contributed by atoms with Gasteiger partial charge in [-0.15, -0.1) is 0 Å². The van der Waals surface area contributed by atoms with E-state index in [1.807, 2.05) is 6.92 Å². The van der Waals surface area contributed by atoms with Crippen molar-refractivity contribution >= 4 is 5.91 Å². The molecule has 1 aromatic carbocycles. The highest BCUT2D eigenvalue weighted by atomic mass is 16.1. The third-order valence-electron chi connectivity index (χ3n) is 3.45. The number of carbonyl (C=O) groups excluding carboxylic acids is 1. The van der Waals surface area contributed by atoms with Crippen LogP contribution in [0.15, 0.2) is 18.2 Å². The predicted octanol–water partition coefficient (Wildman–Crippen LogP) is 2.70. The first-order chi connectivity index (χ1) is 9.02. The normalized spacial score (nSPS) is 12.2. The molecule has 0 aliphatic rings. The molecule has 0 saturated carbocycles. The molecule has 19 heavy (non-hydrogen) atoms. The van der Waals surface area contributed by atoms with Crippen molar-refractivity contribution < 1.29 is 4.79 Å². The minimum absolute atomic E-state index is 0.127. The monoisotopic (exact) mass is 262 g/mol. The second-order valence-electron chi connectivity index (χ2n) is 5.22. The molecule has 0 radical (unpaired) electrons. The molecule has 0 bridgehead atoms. The van der Waals surface area contributed by atoms with Crippen molar-refractivity contribution in [2.75, 3.05) is 6.54 Å². The zero-order chi connectivity index (χ0) is 14.3. The van der Waals surface area contributed by atoms with Gasteiger partial charge in [0.15, 0.2) is 0 Å². The Morgan fingerprint density at radius 2 is 2.00 bits per heavy atom. The van der Waals surface area contributed by atoms with Gasteiger partial charge in [-0.2, -0.15) is 0 Å². The Morgan fingerprint density at radius 3 is 2.63 bits per heavy atom. The molecule has 106 valence electrons. The molecule has 1 rings (SSSR count). The minimum Gasteiger partial charge on any atom is -0.354 e. The van der Waals surface area contributed by atoms with Gasteiger partial charge in [0.2, 0.25) is 5.91 Å². The van der Waals surface area contributed by atoms with E-state index in [1.54, 1.807) is 0 Å². The van der Waals surface area contributed by atoms with E-state index in [0.29, 0.717) is 6.42 Å². The maximum absolute atomic E-state index is 11.6. The van der Waals surface area contributed by atoms with Crippen LogP contribution in [0, 0.1) is 13.8 Å². The SMILES string of the molecule is CCC(C)NC(=O)CCNCc1ccc(C)c(C)c1. The number of benzene rings is 1. The van der Waals surface area contributed by atoms with Crippen LogP contribution < -0.4 is 10.6 Å². The van der Waals surface area contributed by atoms with Crippen molar-refractivity contribution in [2.24, 2.45) is 0 Å². The van der Waals surface area contributed by atoms with Crippen LogP contribution in [-0.2, 0) is 11.3 Å². The Bertz CT molecular complexity index is 415. The van der Waals surface area contributed by atoms with Gasteiger partial charge in [-0.05, 0) is 43.9 Å². The van der Waals surface area contributed by atoms with Crippen LogP contribution in [0.3, 0.4) is 0 Å². The molecule has 3 nitrogen and oxygen atoms in total. The number of aryl methyl sites for hydroxylation is 2. The quantitative estimate of drug-likeness (QED) is 0.742. The molecule has 0 fully saturated rings. The summed E-state index contributed by atoms with van der Waals surface area (Å²) in [6.45, 7) is 9.88. The van der Waals surface area contributed by atoms with Crippen molar-refractivity contribution in [3.05, 3.63) is 34.9 Å². The summed E-state index contributed by atoms with van der Waals surface area (Å²) in [6.07, 6.45) is 1.51. The van der Waals surface area contributed by atoms with Crippen molar-refractivity contribution in [1.82, 2.24) is 10.6 Å². The summed E-state index contributed by atoms with van der Waals surface area (Å²) in [6, 6.07) is 6.74. The maximum atomic E-state index is 11.6. The molecule has 0 heterocycles. The second kappa shape index (κ2) is 7.95. The van der Waals surface area contributed by atoms with Gasteiger partial charge in [0.25, 0.3) is 0 Å². The lowest BCUT2D eigenvalue weighted by Crippen LogP contribution is -2.33. The van der Waals surface area contributed by atoms with Crippen molar-refractivity contribution in [3.63, 3.8) is 0 Å². The van der Waals surface area contributed by atoms with E-state index in [-0.39, 0.29) is 11.9 Å². The van der Waals surface area contributed by atoms with Crippen LogP contribution in [0.5, 0.6) is 0 Å². The molecule has 3 heteroatoms. The average molecular weight is 262 g/mol. The summed E-state index contributed by atoms with van der Waals surface area (Å²) in [5, 5.41) is 6.28. The fraction of sp³-hybridized carbons (Fsp3) is 0.562. The Labute approximate surface area is 116 Å². The minimum atomic E-state index is 0.127. The predicted molar refractivity (Wildman–Crippen MR) is 80.1 cm³/mol. The third kappa shape index (κ3) is 5.88. The van der Waals surface area contributed by atoms with E-state index in [9.17, 15) is 4.79 Å². The summed E-state index contributed by atoms with van der Waals surface area (Å²) in [5.41, 5.74) is 3.90. The van der Waals surface area contributed by atoms with E-state index in [2.05, 4.69) is 49.6 Å². The number of hydrogen-bond donors (Lipinski definition) is 2. The second-order valence-corrected chi connectivity index (χ2v) is 5.22. The third-order valence-corrected chi connectivity index (χ3v) is 3.45. The van der Waals surface area contributed by atoms with E-state index in [0.717, 1.165) is 19.5 Å². The summed E-state index contributed by atoms with van der Waals surface area (Å²) in [5.74, 6) is 0.127. The van der Waals surface area contributed by atoms with E-state index >= 15 is 0 Å². The average Bonchev–Trinajstić information content (AvgIpc) is 2.38. The van der Waals surface area contributed by atoms with Crippen molar-refractivity contribution in [1.29, 1.82) is 0 Å². The van der Waals surface area contributed by atoms with Crippen LogP contribution in [0.25, 0.3) is 0 Å². The topological polar surface area (TPSA) is 41.1 Å². The lowest BCUT2D eigenvalue weighted by molar-refractivity contribution is -0.121. The van der Waals surface area contributed by atoms with Crippen molar-refractivity contribution in [3.8, 4) is 0 Å². The molecule has 1 unspecified atom stereocenters. The van der Waals surface area contributed by atoms with Gasteiger partial charge in [-0.1, -0.05) is 25.1 Å². The van der Waals surface area contributed by atoms with Gasteiger partial charge >= 0.3 is 0 Å². The first-order valence-corrected chi connectivity index (χ1v) is 7.09.